The largest absolute Gasteiger partial charge is 0.332 e. The highest BCUT2D eigenvalue weighted by atomic mass is 32.1. The van der Waals surface area contributed by atoms with Gasteiger partial charge in [0.1, 0.15) is 10.7 Å². The standard InChI is InChI=1S/C17H14N4O2S/c22-15-8-12-9-21(7-6-13(12)19-20-15)17(23)14-10-24-16(18-14)11-4-2-1-3-5-11/h1-5,8,10H,6-7,9H2,(H,20,22). The molecule has 0 fully saturated rings. The molecule has 0 spiro atoms. The van der Waals surface area contributed by atoms with Gasteiger partial charge in [0.05, 0.1) is 5.69 Å². The summed E-state index contributed by atoms with van der Waals surface area (Å²) in [6.45, 7) is 0.965. The maximum atomic E-state index is 12.7. The van der Waals surface area contributed by atoms with Crippen LogP contribution in [0.4, 0.5) is 0 Å². The molecule has 3 aromatic rings. The van der Waals surface area contributed by atoms with Gasteiger partial charge in [0.25, 0.3) is 11.5 Å². The zero-order chi connectivity index (χ0) is 16.5. The zero-order valence-corrected chi connectivity index (χ0v) is 13.5. The van der Waals surface area contributed by atoms with Gasteiger partial charge in [0.2, 0.25) is 0 Å². The number of benzene rings is 1. The molecule has 3 heterocycles. The molecular weight excluding hydrogens is 324 g/mol. The summed E-state index contributed by atoms with van der Waals surface area (Å²) in [6, 6.07) is 11.3. The Morgan fingerprint density at radius 2 is 2.08 bits per heavy atom. The second kappa shape index (κ2) is 6.01. The Bertz CT molecular complexity index is 948. The number of carbonyl (C=O) groups is 1. The molecule has 0 saturated carbocycles. The lowest BCUT2D eigenvalue weighted by molar-refractivity contribution is 0.0728. The van der Waals surface area contributed by atoms with Crippen molar-refractivity contribution >= 4 is 17.2 Å². The number of rotatable bonds is 2. The monoisotopic (exact) mass is 338 g/mol. The van der Waals surface area contributed by atoms with Crippen LogP contribution in [0.3, 0.4) is 0 Å². The van der Waals surface area contributed by atoms with Gasteiger partial charge >= 0.3 is 0 Å². The molecule has 0 saturated heterocycles. The number of hydrogen-bond acceptors (Lipinski definition) is 5. The van der Waals surface area contributed by atoms with Crippen LogP contribution in [0.2, 0.25) is 0 Å². The van der Waals surface area contributed by atoms with Crippen LogP contribution >= 0.6 is 11.3 Å². The van der Waals surface area contributed by atoms with Crippen molar-refractivity contribution in [2.75, 3.05) is 6.54 Å². The first kappa shape index (κ1) is 14.8. The summed E-state index contributed by atoms with van der Waals surface area (Å²) >= 11 is 1.46. The van der Waals surface area contributed by atoms with Crippen molar-refractivity contribution in [1.82, 2.24) is 20.1 Å². The maximum absolute atomic E-state index is 12.7. The molecule has 1 amide bonds. The minimum absolute atomic E-state index is 0.112. The molecule has 1 N–H and O–H groups in total. The number of nitrogens with one attached hydrogen (secondary N) is 1. The number of fused-ring (bicyclic) bond motifs is 1. The number of thiazole rings is 1. The fraction of sp³-hybridized carbons (Fsp3) is 0.176. The number of aromatic amines is 1. The van der Waals surface area contributed by atoms with Crippen LogP contribution in [-0.4, -0.2) is 32.5 Å². The fourth-order valence-electron chi connectivity index (χ4n) is 2.77. The van der Waals surface area contributed by atoms with Crippen LogP contribution in [-0.2, 0) is 13.0 Å². The van der Waals surface area contributed by atoms with E-state index in [1.54, 1.807) is 10.3 Å². The molecule has 7 heteroatoms. The van der Waals surface area contributed by atoms with Crippen molar-refractivity contribution < 1.29 is 4.79 Å². The summed E-state index contributed by atoms with van der Waals surface area (Å²) in [5.74, 6) is -0.112. The molecule has 6 nitrogen and oxygen atoms in total. The highest BCUT2D eigenvalue weighted by molar-refractivity contribution is 7.13. The second-order valence-electron chi connectivity index (χ2n) is 5.58. The second-order valence-corrected chi connectivity index (χ2v) is 6.44. The Hall–Kier alpha value is -2.80. The molecule has 1 aliphatic rings. The minimum atomic E-state index is -0.247. The van der Waals surface area contributed by atoms with Crippen LogP contribution < -0.4 is 5.56 Å². The zero-order valence-electron chi connectivity index (χ0n) is 12.7. The lowest BCUT2D eigenvalue weighted by Gasteiger charge is -2.27. The van der Waals surface area contributed by atoms with Crippen molar-refractivity contribution in [1.29, 1.82) is 0 Å². The summed E-state index contributed by atoms with van der Waals surface area (Å²) in [4.78, 5) is 30.3. The van der Waals surface area contributed by atoms with Gasteiger partial charge in [-0.3, -0.25) is 9.59 Å². The molecule has 4 rings (SSSR count). The predicted molar refractivity (Wildman–Crippen MR) is 90.9 cm³/mol. The maximum Gasteiger partial charge on any atom is 0.273 e. The van der Waals surface area contributed by atoms with E-state index in [-0.39, 0.29) is 11.5 Å². The van der Waals surface area contributed by atoms with Crippen LogP contribution in [0, 0.1) is 0 Å². The van der Waals surface area contributed by atoms with E-state index in [1.165, 1.54) is 17.4 Å². The topological polar surface area (TPSA) is 79.0 Å². The first-order chi connectivity index (χ1) is 11.7. The van der Waals surface area contributed by atoms with Gasteiger partial charge < -0.3 is 4.90 Å². The quantitative estimate of drug-likeness (QED) is 0.776. The Labute approximate surface area is 141 Å². The molecule has 0 unspecified atom stereocenters. The van der Waals surface area contributed by atoms with Gasteiger partial charge in [0, 0.05) is 42.1 Å². The Balaban J connectivity index is 1.57. The molecular formula is C17H14N4O2S. The van der Waals surface area contributed by atoms with Crippen LogP contribution in [0.5, 0.6) is 0 Å². The van der Waals surface area contributed by atoms with Crippen LogP contribution in [0.15, 0.2) is 46.6 Å². The molecule has 0 radical (unpaired) electrons. The summed E-state index contributed by atoms with van der Waals surface area (Å²) in [5, 5.41) is 9.09. The number of aromatic nitrogens is 3. The van der Waals surface area contributed by atoms with Crippen molar-refractivity contribution in [3.63, 3.8) is 0 Å². The van der Waals surface area contributed by atoms with Crippen molar-refractivity contribution in [2.45, 2.75) is 13.0 Å². The Morgan fingerprint density at radius 1 is 1.25 bits per heavy atom. The highest BCUT2D eigenvalue weighted by Crippen LogP contribution is 2.25. The third-order valence-electron chi connectivity index (χ3n) is 3.99. The number of nitrogens with zero attached hydrogens (tertiary/aromatic N) is 3. The minimum Gasteiger partial charge on any atom is -0.332 e. The van der Waals surface area contributed by atoms with Gasteiger partial charge in [-0.25, -0.2) is 10.1 Å². The van der Waals surface area contributed by atoms with Gasteiger partial charge in [0.15, 0.2) is 0 Å². The summed E-state index contributed by atoms with van der Waals surface area (Å²) in [7, 11) is 0. The van der Waals surface area contributed by atoms with Crippen LogP contribution in [0.25, 0.3) is 10.6 Å². The molecule has 0 bridgehead atoms. The number of hydrogen-bond donors (Lipinski definition) is 1. The van der Waals surface area contributed by atoms with E-state index in [4.69, 9.17) is 0 Å². The highest BCUT2D eigenvalue weighted by Gasteiger charge is 2.24. The normalized spacial score (nSPS) is 13.6. The lowest BCUT2D eigenvalue weighted by atomic mass is 10.1. The third kappa shape index (κ3) is 2.74. The number of carbonyl (C=O) groups excluding carboxylic acids is 1. The summed E-state index contributed by atoms with van der Waals surface area (Å²) in [6.07, 6.45) is 0.632. The van der Waals surface area contributed by atoms with E-state index < -0.39 is 0 Å². The molecule has 0 atom stereocenters. The average molecular weight is 338 g/mol. The van der Waals surface area contributed by atoms with E-state index in [1.807, 2.05) is 30.3 Å². The number of H-pyrrole nitrogens is 1. The van der Waals surface area contributed by atoms with Gasteiger partial charge in [-0.15, -0.1) is 11.3 Å². The SMILES string of the molecule is O=C(c1csc(-c2ccccc2)n1)N1CCc2n[nH]c(=O)cc2C1. The van der Waals surface area contributed by atoms with E-state index in [0.717, 1.165) is 21.8 Å². The average Bonchev–Trinajstić information content (AvgIpc) is 3.11. The Morgan fingerprint density at radius 3 is 2.92 bits per heavy atom. The van der Waals surface area contributed by atoms with Gasteiger partial charge in [-0.1, -0.05) is 30.3 Å². The van der Waals surface area contributed by atoms with Crippen molar-refractivity contribution in [3.8, 4) is 10.6 Å². The molecule has 24 heavy (non-hydrogen) atoms. The van der Waals surface area contributed by atoms with E-state index in [0.29, 0.717) is 25.2 Å². The molecule has 1 aliphatic heterocycles. The first-order valence-electron chi connectivity index (χ1n) is 7.58. The predicted octanol–water partition coefficient (Wildman–Crippen LogP) is 2.09. The van der Waals surface area contributed by atoms with E-state index >= 15 is 0 Å². The fourth-order valence-corrected chi connectivity index (χ4v) is 3.57. The van der Waals surface area contributed by atoms with E-state index in [2.05, 4.69) is 15.2 Å². The van der Waals surface area contributed by atoms with Crippen LogP contribution in [0.1, 0.15) is 21.7 Å². The molecule has 0 aliphatic carbocycles. The first-order valence-corrected chi connectivity index (χ1v) is 8.46. The number of amides is 1. The summed E-state index contributed by atoms with van der Waals surface area (Å²) in [5.41, 5.74) is 2.85. The third-order valence-corrected chi connectivity index (χ3v) is 4.88. The van der Waals surface area contributed by atoms with Crippen molar-refractivity contribution in [2.24, 2.45) is 0 Å². The Kier molecular flexibility index (Phi) is 3.70. The van der Waals surface area contributed by atoms with Gasteiger partial charge in [-0.05, 0) is 0 Å². The van der Waals surface area contributed by atoms with Crippen molar-refractivity contribution in [3.05, 3.63) is 69.1 Å². The molecule has 120 valence electrons. The molecule has 2 aromatic heterocycles. The lowest BCUT2D eigenvalue weighted by Crippen LogP contribution is -2.37. The van der Waals surface area contributed by atoms with Gasteiger partial charge in [-0.2, -0.15) is 5.10 Å². The smallest absolute Gasteiger partial charge is 0.273 e. The molecule has 1 aromatic carbocycles. The van der Waals surface area contributed by atoms with E-state index in [9.17, 15) is 9.59 Å². The summed E-state index contributed by atoms with van der Waals surface area (Å²) < 4.78 is 0.